The van der Waals surface area contributed by atoms with E-state index >= 15 is 0 Å². The average Bonchev–Trinajstić information content (AvgIpc) is 3.31. The summed E-state index contributed by atoms with van der Waals surface area (Å²) in [6, 6.07) is 18.0. The molecule has 0 radical (unpaired) electrons. The lowest BCUT2D eigenvalue weighted by atomic mass is 9.98. The van der Waals surface area contributed by atoms with Crippen LogP contribution in [0.25, 0.3) is 10.6 Å². The first-order valence-corrected chi connectivity index (χ1v) is 10.1. The van der Waals surface area contributed by atoms with Crippen LogP contribution in [0.1, 0.15) is 45.3 Å². The topological polar surface area (TPSA) is 71.1 Å². The van der Waals surface area contributed by atoms with Gasteiger partial charge < -0.3 is 0 Å². The number of nitrogens with one attached hydrogen (secondary N) is 2. The second kappa shape index (κ2) is 7.94. The van der Waals surface area contributed by atoms with Gasteiger partial charge in [-0.15, -0.1) is 11.3 Å². The maximum atomic E-state index is 12.5. The van der Waals surface area contributed by atoms with Gasteiger partial charge in [0.15, 0.2) is 0 Å². The molecule has 6 heteroatoms. The van der Waals surface area contributed by atoms with E-state index < -0.39 is 0 Å². The summed E-state index contributed by atoms with van der Waals surface area (Å²) in [6.07, 6.45) is 2.34. The van der Waals surface area contributed by atoms with Crippen LogP contribution in [-0.2, 0) is 11.2 Å². The van der Waals surface area contributed by atoms with E-state index in [0.717, 1.165) is 23.4 Å². The number of carbonyl (C=O) groups excluding carboxylic acids is 2. The normalized spacial score (nSPS) is 15.1. The SMILES string of the molecule is Cc1nc(-c2ccccc2)sc1C(=O)NNC(=O)CC1CCc2ccccc21. The van der Waals surface area contributed by atoms with Crippen molar-refractivity contribution in [3.8, 4) is 10.6 Å². The van der Waals surface area contributed by atoms with E-state index in [4.69, 9.17) is 0 Å². The van der Waals surface area contributed by atoms with Gasteiger partial charge in [0.2, 0.25) is 5.91 Å². The van der Waals surface area contributed by atoms with E-state index in [1.165, 1.54) is 22.5 Å². The van der Waals surface area contributed by atoms with E-state index in [2.05, 4.69) is 28.0 Å². The molecule has 4 rings (SSSR count). The zero-order valence-corrected chi connectivity index (χ0v) is 16.4. The Morgan fingerprint density at radius 1 is 1.07 bits per heavy atom. The van der Waals surface area contributed by atoms with Crippen molar-refractivity contribution in [1.82, 2.24) is 15.8 Å². The maximum absolute atomic E-state index is 12.5. The molecule has 142 valence electrons. The van der Waals surface area contributed by atoms with Gasteiger partial charge in [0, 0.05) is 12.0 Å². The minimum Gasteiger partial charge on any atom is -0.273 e. The number of hydrogen-bond acceptors (Lipinski definition) is 4. The largest absolute Gasteiger partial charge is 0.281 e. The third-order valence-electron chi connectivity index (χ3n) is 5.03. The lowest BCUT2D eigenvalue weighted by Crippen LogP contribution is -2.41. The number of benzene rings is 2. The van der Waals surface area contributed by atoms with Crippen molar-refractivity contribution in [2.75, 3.05) is 0 Å². The summed E-state index contributed by atoms with van der Waals surface area (Å²) in [7, 11) is 0. The number of hydrogen-bond donors (Lipinski definition) is 2. The van der Waals surface area contributed by atoms with Gasteiger partial charge >= 0.3 is 0 Å². The molecule has 0 bridgehead atoms. The number of fused-ring (bicyclic) bond motifs is 1. The fourth-order valence-corrected chi connectivity index (χ4v) is 4.59. The predicted molar refractivity (Wildman–Crippen MR) is 110 cm³/mol. The van der Waals surface area contributed by atoms with Gasteiger partial charge in [-0.25, -0.2) is 4.98 Å². The molecule has 2 amide bonds. The predicted octanol–water partition coefficient (Wildman–Crippen LogP) is 4.00. The van der Waals surface area contributed by atoms with Gasteiger partial charge in [0.25, 0.3) is 5.91 Å². The number of aryl methyl sites for hydroxylation is 2. The molecule has 28 heavy (non-hydrogen) atoms. The molecular weight excluding hydrogens is 370 g/mol. The Balaban J connectivity index is 1.36. The zero-order valence-electron chi connectivity index (χ0n) is 15.6. The molecule has 1 heterocycles. The average molecular weight is 391 g/mol. The minimum absolute atomic E-state index is 0.180. The molecule has 5 nitrogen and oxygen atoms in total. The molecule has 2 aromatic carbocycles. The molecule has 1 unspecified atom stereocenters. The van der Waals surface area contributed by atoms with Crippen LogP contribution in [-0.4, -0.2) is 16.8 Å². The summed E-state index contributed by atoms with van der Waals surface area (Å²) in [5.41, 5.74) is 9.28. The van der Waals surface area contributed by atoms with Crippen LogP contribution < -0.4 is 10.9 Å². The maximum Gasteiger partial charge on any atom is 0.281 e. The Morgan fingerprint density at radius 3 is 2.64 bits per heavy atom. The van der Waals surface area contributed by atoms with E-state index in [9.17, 15) is 9.59 Å². The number of carbonyl (C=O) groups is 2. The van der Waals surface area contributed by atoms with Crippen LogP contribution in [0.3, 0.4) is 0 Å². The molecule has 0 spiro atoms. The minimum atomic E-state index is -0.336. The van der Waals surface area contributed by atoms with Crippen LogP contribution in [0, 0.1) is 6.92 Å². The zero-order chi connectivity index (χ0) is 19.5. The molecule has 1 atom stereocenters. The van der Waals surface area contributed by atoms with Gasteiger partial charge in [0.05, 0.1) is 5.69 Å². The first-order valence-electron chi connectivity index (χ1n) is 9.31. The quantitative estimate of drug-likeness (QED) is 0.661. The third kappa shape index (κ3) is 3.82. The lowest BCUT2D eigenvalue weighted by Gasteiger charge is -2.12. The van der Waals surface area contributed by atoms with Gasteiger partial charge in [0.1, 0.15) is 9.88 Å². The van der Waals surface area contributed by atoms with E-state index in [0.29, 0.717) is 17.0 Å². The summed E-state index contributed by atoms with van der Waals surface area (Å²) in [6.45, 7) is 1.80. The van der Waals surface area contributed by atoms with Crippen LogP contribution in [0.4, 0.5) is 0 Å². The molecule has 1 aliphatic rings. The van der Waals surface area contributed by atoms with Gasteiger partial charge in [-0.3, -0.25) is 20.4 Å². The van der Waals surface area contributed by atoms with Gasteiger partial charge in [-0.2, -0.15) is 0 Å². The second-order valence-electron chi connectivity index (χ2n) is 6.94. The molecule has 1 aliphatic carbocycles. The molecule has 1 aromatic heterocycles. The smallest absolute Gasteiger partial charge is 0.273 e. The number of hydrazine groups is 1. The van der Waals surface area contributed by atoms with Crippen molar-refractivity contribution in [3.63, 3.8) is 0 Å². The number of aromatic nitrogens is 1. The van der Waals surface area contributed by atoms with E-state index in [-0.39, 0.29) is 17.7 Å². The Kier molecular flexibility index (Phi) is 5.21. The van der Waals surface area contributed by atoms with Crippen LogP contribution in [0.5, 0.6) is 0 Å². The molecule has 0 saturated carbocycles. The highest BCUT2D eigenvalue weighted by atomic mass is 32.1. The second-order valence-corrected chi connectivity index (χ2v) is 7.94. The van der Waals surface area contributed by atoms with Crippen molar-refractivity contribution >= 4 is 23.2 Å². The molecule has 0 saturated heterocycles. The number of rotatable bonds is 4. The Morgan fingerprint density at radius 2 is 1.82 bits per heavy atom. The highest BCUT2D eigenvalue weighted by Crippen LogP contribution is 2.35. The third-order valence-corrected chi connectivity index (χ3v) is 6.23. The van der Waals surface area contributed by atoms with Crippen LogP contribution >= 0.6 is 11.3 Å². The van der Waals surface area contributed by atoms with Crippen LogP contribution in [0.15, 0.2) is 54.6 Å². The molecular formula is C22H21N3O2S. The highest BCUT2D eigenvalue weighted by molar-refractivity contribution is 7.17. The van der Waals surface area contributed by atoms with Crippen molar-refractivity contribution in [3.05, 3.63) is 76.3 Å². The summed E-state index contributed by atoms with van der Waals surface area (Å²) < 4.78 is 0. The first-order chi connectivity index (χ1) is 13.6. The molecule has 0 aliphatic heterocycles. The first kappa shape index (κ1) is 18.4. The van der Waals surface area contributed by atoms with Gasteiger partial charge in [-0.05, 0) is 36.8 Å². The van der Waals surface area contributed by atoms with Crippen molar-refractivity contribution in [1.29, 1.82) is 0 Å². The van der Waals surface area contributed by atoms with Gasteiger partial charge in [-0.1, -0.05) is 54.6 Å². The number of amides is 2. The lowest BCUT2D eigenvalue weighted by molar-refractivity contribution is -0.122. The Hall–Kier alpha value is -2.99. The fourth-order valence-electron chi connectivity index (χ4n) is 3.63. The van der Waals surface area contributed by atoms with Crippen LogP contribution in [0.2, 0.25) is 0 Å². The highest BCUT2D eigenvalue weighted by Gasteiger charge is 2.24. The Bertz CT molecular complexity index is 1010. The summed E-state index contributed by atoms with van der Waals surface area (Å²) >= 11 is 1.32. The summed E-state index contributed by atoms with van der Waals surface area (Å²) in [5, 5.41) is 0.789. The fraction of sp³-hybridized carbons (Fsp3) is 0.227. The summed E-state index contributed by atoms with van der Waals surface area (Å²) in [4.78, 5) is 29.8. The Labute approximate surface area is 167 Å². The van der Waals surface area contributed by atoms with Crippen molar-refractivity contribution < 1.29 is 9.59 Å². The number of nitrogens with zero attached hydrogens (tertiary/aromatic N) is 1. The van der Waals surface area contributed by atoms with Crippen molar-refractivity contribution in [2.45, 2.75) is 32.1 Å². The standard InChI is InChI=1S/C22H21N3O2S/c1-14-20(28-22(23-14)16-8-3-2-4-9-16)21(27)25-24-19(26)13-17-12-11-15-7-5-6-10-18(15)17/h2-10,17H,11-13H2,1H3,(H,24,26)(H,25,27). The van der Waals surface area contributed by atoms with Crippen molar-refractivity contribution in [2.24, 2.45) is 0 Å². The van der Waals surface area contributed by atoms with E-state index in [1.54, 1.807) is 6.92 Å². The van der Waals surface area contributed by atoms with E-state index in [1.807, 2.05) is 42.5 Å². The molecule has 2 N–H and O–H groups in total. The number of thiazole rings is 1. The molecule has 0 fully saturated rings. The summed E-state index contributed by atoms with van der Waals surface area (Å²) in [5.74, 6) is -0.305. The molecule has 3 aromatic rings. The monoisotopic (exact) mass is 391 g/mol.